The van der Waals surface area contributed by atoms with Crippen molar-refractivity contribution in [1.82, 2.24) is 15.2 Å². The van der Waals surface area contributed by atoms with Gasteiger partial charge in [-0.3, -0.25) is 4.79 Å². The summed E-state index contributed by atoms with van der Waals surface area (Å²) in [5, 5.41) is 3.60. The lowest BCUT2D eigenvalue weighted by molar-refractivity contribution is 0.0516. The minimum atomic E-state index is -0.465. The first-order valence-electron chi connectivity index (χ1n) is 9.95. The van der Waals surface area contributed by atoms with E-state index in [1.807, 2.05) is 4.90 Å². The molecule has 6 nitrogen and oxygen atoms in total. The number of aromatic nitrogens is 1. The van der Waals surface area contributed by atoms with Gasteiger partial charge in [0.05, 0.1) is 12.6 Å². The van der Waals surface area contributed by atoms with Gasteiger partial charge in [0, 0.05) is 36.5 Å². The van der Waals surface area contributed by atoms with E-state index in [-0.39, 0.29) is 24.2 Å². The van der Waals surface area contributed by atoms with E-state index in [1.54, 1.807) is 13.0 Å². The Morgan fingerprint density at radius 2 is 2.22 bits per heavy atom. The van der Waals surface area contributed by atoms with Crippen molar-refractivity contribution in [2.24, 2.45) is 0 Å². The standard InChI is InChI=1S/C21H29N3O3/c1-4-7-15(12-23-16-8-6-9-16)14(3)24-13-18-17(20(24)25)10-11-22-19(18)21(26)27-5-2/h7,10-11,14,16,23H,4-6,8-9,12-13H2,1-3H3/b15-7+. The molecule has 1 amide bonds. The highest BCUT2D eigenvalue weighted by Crippen LogP contribution is 2.29. The van der Waals surface area contributed by atoms with Gasteiger partial charge in [0.1, 0.15) is 0 Å². The van der Waals surface area contributed by atoms with Gasteiger partial charge in [0.15, 0.2) is 5.69 Å². The topological polar surface area (TPSA) is 71.5 Å². The quantitative estimate of drug-likeness (QED) is 0.562. The van der Waals surface area contributed by atoms with Crippen molar-refractivity contribution in [1.29, 1.82) is 0 Å². The number of nitrogens with one attached hydrogen (secondary N) is 1. The van der Waals surface area contributed by atoms with Crippen LogP contribution in [0.3, 0.4) is 0 Å². The van der Waals surface area contributed by atoms with Crippen LogP contribution in [0.1, 0.15) is 72.9 Å². The number of ether oxygens (including phenoxy) is 1. The van der Waals surface area contributed by atoms with Crippen LogP contribution in [-0.2, 0) is 11.3 Å². The van der Waals surface area contributed by atoms with Crippen molar-refractivity contribution in [3.63, 3.8) is 0 Å². The number of fused-ring (bicyclic) bond motifs is 1. The molecular weight excluding hydrogens is 342 g/mol. The van der Waals surface area contributed by atoms with E-state index < -0.39 is 5.97 Å². The van der Waals surface area contributed by atoms with Gasteiger partial charge in [-0.15, -0.1) is 0 Å². The maximum absolute atomic E-state index is 13.0. The molecule has 2 heterocycles. The summed E-state index contributed by atoms with van der Waals surface area (Å²) in [6.45, 7) is 7.40. The summed E-state index contributed by atoms with van der Waals surface area (Å²) in [4.78, 5) is 31.2. The Labute approximate surface area is 161 Å². The van der Waals surface area contributed by atoms with Crippen LogP contribution in [0.5, 0.6) is 0 Å². The van der Waals surface area contributed by atoms with E-state index in [9.17, 15) is 9.59 Å². The Morgan fingerprint density at radius 1 is 1.44 bits per heavy atom. The average molecular weight is 371 g/mol. The molecule has 3 rings (SSSR count). The number of rotatable bonds is 8. The minimum absolute atomic E-state index is 0.0347. The van der Waals surface area contributed by atoms with E-state index in [0.717, 1.165) is 13.0 Å². The second-order valence-corrected chi connectivity index (χ2v) is 7.21. The first-order chi connectivity index (χ1) is 13.1. The number of amides is 1. The molecule has 1 atom stereocenters. The number of allylic oxidation sites excluding steroid dienone is 1. The Hall–Kier alpha value is -2.21. The molecular formula is C21H29N3O3. The van der Waals surface area contributed by atoms with Crippen molar-refractivity contribution < 1.29 is 14.3 Å². The molecule has 0 radical (unpaired) electrons. The first-order valence-corrected chi connectivity index (χ1v) is 9.95. The summed E-state index contributed by atoms with van der Waals surface area (Å²) in [7, 11) is 0. The predicted octanol–water partition coefficient (Wildman–Crippen LogP) is 3.08. The molecule has 1 N–H and O–H groups in total. The molecule has 0 saturated heterocycles. The third-order valence-corrected chi connectivity index (χ3v) is 5.51. The molecule has 0 spiro atoms. The maximum Gasteiger partial charge on any atom is 0.357 e. The molecule has 6 heteroatoms. The Morgan fingerprint density at radius 3 is 2.85 bits per heavy atom. The van der Waals surface area contributed by atoms with E-state index in [4.69, 9.17) is 4.74 Å². The number of nitrogens with zero attached hydrogens (tertiary/aromatic N) is 2. The summed E-state index contributed by atoms with van der Waals surface area (Å²) in [5.41, 5.74) is 2.71. The Balaban J connectivity index is 1.78. The van der Waals surface area contributed by atoms with E-state index in [0.29, 0.717) is 23.7 Å². The van der Waals surface area contributed by atoms with Crippen LogP contribution in [-0.4, -0.2) is 47.0 Å². The van der Waals surface area contributed by atoms with Crippen LogP contribution in [0.2, 0.25) is 0 Å². The molecule has 1 aromatic rings. The highest BCUT2D eigenvalue weighted by Gasteiger charge is 2.35. The summed E-state index contributed by atoms with van der Waals surface area (Å²) >= 11 is 0. The van der Waals surface area contributed by atoms with Gasteiger partial charge in [0.25, 0.3) is 5.91 Å². The molecule has 1 unspecified atom stereocenters. The summed E-state index contributed by atoms with van der Waals surface area (Å²) in [5.74, 6) is -0.510. The third kappa shape index (κ3) is 4.05. The summed E-state index contributed by atoms with van der Waals surface area (Å²) in [6.07, 6.45) is 8.41. The monoisotopic (exact) mass is 371 g/mol. The molecule has 1 fully saturated rings. The molecule has 1 aliphatic carbocycles. The molecule has 0 bridgehead atoms. The van der Waals surface area contributed by atoms with Crippen LogP contribution in [0.4, 0.5) is 0 Å². The SMILES string of the molecule is CC/C=C(\CNC1CCC1)C(C)N1Cc2c(ccnc2C(=O)OCC)C1=O. The van der Waals surface area contributed by atoms with Crippen molar-refractivity contribution in [2.45, 2.75) is 65.1 Å². The number of carbonyl (C=O) groups is 2. The highest BCUT2D eigenvalue weighted by atomic mass is 16.5. The van der Waals surface area contributed by atoms with Crippen LogP contribution < -0.4 is 5.32 Å². The second kappa shape index (κ2) is 8.65. The van der Waals surface area contributed by atoms with Gasteiger partial charge < -0.3 is 15.0 Å². The van der Waals surface area contributed by atoms with Gasteiger partial charge in [-0.05, 0) is 44.7 Å². The van der Waals surface area contributed by atoms with Gasteiger partial charge in [-0.1, -0.05) is 19.4 Å². The summed E-state index contributed by atoms with van der Waals surface area (Å²) < 4.78 is 5.10. The number of hydrogen-bond donors (Lipinski definition) is 1. The molecule has 1 aromatic heterocycles. The van der Waals surface area contributed by atoms with Gasteiger partial charge in [-0.2, -0.15) is 0 Å². The van der Waals surface area contributed by atoms with Crippen molar-refractivity contribution in [3.05, 3.63) is 40.7 Å². The normalized spacial score (nSPS) is 18.3. The zero-order chi connectivity index (χ0) is 19.4. The van der Waals surface area contributed by atoms with Crippen molar-refractivity contribution >= 4 is 11.9 Å². The lowest BCUT2D eigenvalue weighted by atomic mass is 9.92. The summed E-state index contributed by atoms with van der Waals surface area (Å²) in [6, 6.07) is 2.26. The molecule has 2 aliphatic rings. The Kier molecular flexibility index (Phi) is 6.26. The third-order valence-electron chi connectivity index (χ3n) is 5.51. The van der Waals surface area contributed by atoms with E-state index >= 15 is 0 Å². The smallest absolute Gasteiger partial charge is 0.357 e. The second-order valence-electron chi connectivity index (χ2n) is 7.21. The largest absolute Gasteiger partial charge is 0.461 e. The van der Waals surface area contributed by atoms with Crippen molar-refractivity contribution in [3.8, 4) is 0 Å². The number of esters is 1. The molecule has 1 aliphatic heterocycles. The van der Waals surface area contributed by atoms with Crippen molar-refractivity contribution in [2.75, 3.05) is 13.2 Å². The first kappa shape index (κ1) is 19.5. The van der Waals surface area contributed by atoms with Crippen LogP contribution >= 0.6 is 0 Å². The van der Waals surface area contributed by atoms with Gasteiger partial charge in [-0.25, -0.2) is 9.78 Å². The zero-order valence-electron chi connectivity index (χ0n) is 16.5. The fraction of sp³-hybridized carbons (Fsp3) is 0.571. The Bertz CT molecular complexity index is 740. The molecule has 146 valence electrons. The fourth-order valence-corrected chi connectivity index (χ4v) is 3.67. The lowest BCUT2D eigenvalue weighted by Gasteiger charge is -2.31. The molecule has 1 saturated carbocycles. The zero-order valence-corrected chi connectivity index (χ0v) is 16.5. The molecule has 27 heavy (non-hydrogen) atoms. The number of carbonyl (C=O) groups excluding carboxylic acids is 2. The number of hydrogen-bond acceptors (Lipinski definition) is 5. The van der Waals surface area contributed by atoms with Crippen LogP contribution in [0, 0.1) is 0 Å². The fourth-order valence-electron chi connectivity index (χ4n) is 3.67. The van der Waals surface area contributed by atoms with Crippen LogP contribution in [0.15, 0.2) is 23.9 Å². The number of pyridine rings is 1. The minimum Gasteiger partial charge on any atom is -0.461 e. The van der Waals surface area contributed by atoms with Crippen LogP contribution in [0.25, 0.3) is 0 Å². The molecule has 0 aromatic carbocycles. The van der Waals surface area contributed by atoms with Gasteiger partial charge in [0.2, 0.25) is 0 Å². The predicted molar refractivity (Wildman–Crippen MR) is 104 cm³/mol. The lowest BCUT2D eigenvalue weighted by Crippen LogP contribution is -2.41. The van der Waals surface area contributed by atoms with Gasteiger partial charge >= 0.3 is 5.97 Å². The maximum atomic E-state index is 13.0. The highest BCUT2D eigenvalue weighted by molar-refractivity contribution is 6.02. The average Bonchev–Trinajstić information content (AvgIpc) is 2.96. The van der Waals surface area contributed by atoms with E-state index in [2.05, 4.69) is 30.2 Å². The van der Waals surface area contributed by atoms with E-state index in [1.165, 1.54) is 31.0 Å².